The summed E-state index contributed by atoms with van der Waals surface area (Å²) in [6.45, 7) is 7.60. The van der Waals surface area contributed by atoms with Gasteiger partial charge in [0.15, 0.2) is 0 Å². The standard InChI is InChI=1S/C16H25FN2/c1-3-9-18-13(2)5-4-10-19-11-8-14-6-7-15(17)12-16(14)19/h6-7,12-13,18H,3-5,8-11H2,1-2H3. The number of rotatable bonds is 7. The largest absolute Gasteiger partial charge is 0.371 e. The zero-order chi connectivity index (χ0) is 13.7. The molecule has 1 aromatic rings. The molecular formula is C16H25FN2. The fourth-order valence-corrected chi connectivity index (χ4v) is 2.73. The average molecular weight is 264 g/mol. The second kappa shape index (κ2) is 6.90. The highest BCUT2D eigenvalue weighted by atomic mass is 19.1. The molecule has 1 heterocycles. The lowest BCUT2D eigenvalue weighted by Gasteiger charge is -2.21. The molecule has 0 saturated heterocycles. The van der Waals surface area contributed by atoms with Crippen molar-refractivity contribution in [3.8, 4) is 0 Å². The molecule has 1 unspecified atom stereocenters. The van der Waals surface area contributed by atoms with E-state index in [9.17, 15) is 4.39 Å². The van der Waals surface area contributed by atoms with Gasteiger partial charge in [0.05, 0.1) is 0 Å². The van der Waals surface area contributed by atoms with E-state index in [4.69, 9.17) is 0 Å². The fraction of sp³-hybridized carbons (Fsp3) is 0.625. The summed E-state index contributed by atoms with van der Waals surface area (Å²) < 4.78 is 13.3. The maximum Gasteiger partial charge on any atom is 0.125 e. The molecule has 0 radical (unpaired) electrons. The fourth-order valence-electron chi connectivity index (χ4n) is 2.73. The van der Waals surface area contributed by atoms with E-state index in [1.807, 2.05) is 6.07 Å². The highest BCUT2D eigenvalue weighted by Gasteiger charge is 2.19. The first-order chi connectivity index (χ1) is 9.20. The molecule has 0 amide bonds. The van der Waals surface area contributed by atoms with Gasteiger partial charge in [-0.1, -0.05) is 13.0 Å². The van der Waals surface area contributed by atoms with Gasteiger partial charge in [0.2, 0.25) is 0 Å². The minimum Gasteiger partial charge on any atom is -0.371 e. The molecular weight excluding hydrogens is 239 g/mol. The van der Waals surface area contributed by atoms with E-state index in [-0.39, 0.29) is 5.82 Å². The van der Waals surface area contributed by atoms with Crippen LogP contribution in [-0.2, 0) is 6.42 Å². The van der Waals surface area contributed by atoms with Crippen LogP contribution in [0, 0.1) is 5.82 Å². The topological polar surface area (TPSA) is 15.3 Å². The Kier molecular flexibility index (Phi) is 5.20. The zero-order valence-electron chi connectivity index (χ0n) is 12.1. The summed E-state index contributed by atoms with van der Waals surface area (Å²) >= 11 is 0. The molecule has 1 aliphatic rings. The Bertz CT molecular complexity index is 406. The van der Waals surface area contributed by atoms with Gasteiger partial charge in [0.25, 0.3) is 0 Å². The Morgan fingerprint density at radius 1 is 1.42 bits per heavy atom. The number of hydrogen-bond acceptors (Lipinski definition) is 2. The van der Waals surface area contributed by atoms with Crippen LogP contribution in [0.5, 0.6) is 0 Å². The first-order valence-electron chi connectivity index (χ1n) is 7.47. The number of benzene rings is 1. The maximum absolute atomic E-state index is 13.3. The molecule has 1 N–H and O–H groups in total. The molecule has 0 saturated carbocycles. The van der Waals surface area contributed by atoms with E-state index in [0.29, 0.717) is 6.04 Å². The van der Waals surface area contributed by atoms with Crippen molar-refractivity contribution in [2.75, 3.05) is 24.5 Å². The molecule has 0 spiro atoms. The van der Waals surface area contributed by atoms with Crippen LogP contribution in [-0.4, -0.2) is 25.7 Å². The summed E-state index contributed by atoms with van der Waals surface area (Å²) in [5, 5.41) is 3.51. The van der Waals surface area contributed by atoms with Crippen LogP contribution in [0.15, 0.2) is 18.2 Å². The van der Waals surface area contributed by atoms with E-state index < -0.39 is 0 Å². The van der Waals surface area contributed by atoms with E-state index in [2.05, 4.69) is 24.1 Å². The van der Waals surface area contributed by atoms with Gasteiger partial charge >= 0.3 is 0 Å². The minimum atomic E-state index is -0.122. The molecule has 1 aliphatic heterocycles. The molecule has 0 aliphatic carbocycles. The van der Waals surface area contributed by atoms with Crippen LogP contribution < -0.4 is 10.2 Å². The second-order valence-corrected chi connectivity index (χ2v) is 5.51. The van der Waals surface area contributed by atoms with Crippen LogP contribution in [0.3, 0.4) is 0 Å². The summed E-state index contributed by atoms with van der Waals surface area (Å²) in [4.78, 5) is 2.32. The number of anilines is 1. The van der Waals surface area contributed by atoms with Crippen molar-refractivity contribution in [2.24, 2.45) is 0 Å². The lowest BCUT2D eigenvalue weighted by Crippen LogP contribution is -2.28. The van der Waals surface area contributed by atoms with Gasteiger partial charge in [0.1, 0.15) is 5.82 Å². The minimum absolute atomic E-state index is 0.122. The lowest BCUT2D eigenvalue weighted by molar-refractivity contribution is 0.497. The molecule has 2 rings (SSSR count). The van der Waals surface area contributed by atoms with Crippen molar-refractivity contribution in [1.82, 2.24) is 5.32 Å². The smallest absolute Gasteiger partial charge is 0.125 e. The SMILES string of the molecule is CCCNC(C)CCCN1CCc2ccc(F)cc21. The first-order valence-corrected chi connectivity index (χ1v) is 7.47. The Morgan fingerprint density at radius 3 is 3.05 bits per heavy atom. The molecule has 0 bridgehead atoms. The molecule has 19 heavy (non-hydrogen) atoms. The van der Waals surface area contributed by atoms with E-state index in [1.54, 1.807) is 12.1 Å². The number of fused-ring (bicyclic) bond motifs is 1. The third kappa shape index (κ3) is 3.93. The van der Waals surface area contributed by atoms with Crippen molar-refractivity contribution in [3.63, 3.8) is 0 Å². The Balaban J connectivity index is 1.78. The molecule has 1 atom stereocenters. The number of nitrogens with one attached hydrogen (secondary N) is 1. The van der Waals surface area contributed by atoms with Gasteiger partial charge < -0.3 is 10.2 Å². The predicted octanol–water partition coefficient (Wildman–Crippen LogP) is 3.36. The van der Waals surface area contributed by atoms with E-state index >= 15 is 0 Å². The molecule has 1 aromatic carbocycles. The van der Waals surface area contributed by atoms with Gasteiger partial charge in [-0.05, 0) is 56.8 Å². The molecule has 3 heteroatoms. The van der Waals surface area contributed by atoms with Gasteiger partial charge in [-0.25, -0.2) is 4.39 Å². The maximum atomic E-state index is 13.3. The van der Waals surface area contributed by atoms with Gasteiger partial charge in [-0.2, -0.15) is 0 Å². The quantitative estimate of drug-likeness (QED) is 0.812. The molecule has 2 nitrogen and oxygen atoms in total. The van der Waals surface area contributed by atoms with Gasteiger partial charge in [0, 0.05) is 24.8 Å². The molecule has 106 valence electrons. The summed E-state index contributed by atoms with van der Waals surface area (Å²) in [6.07, 6.45) is 4.58. The van der Waals surface area contributed by atoms with Crippen molar-refractivity contribution in [2.45, 2.75) is 45.6 Å². The average Bonchev–Trinajstić information content (AvgIpc) is 2.79. The Hall–Kier alpha value is -1.09. The number of nitrogens with zero attached hydrogens (tertiary/aromatic N) is 1. The first kappa shape index (κ1) is 14.3. The number of halogens is 1. The van der Waals surface area contributed by atoms with Crippen LogP contribution in [0.2, 0.25) is 0 Å². The Labute approximate surface area is 116 Å². The summed E-state index contributed by atoms with van der Waals surface area (Å²) in [5.41, 5.74) is 2.40. The third-order valence-electron chi connectivity index (χ3n) is 3.85. The van der Waals surface area contributed by atoms with Crippen LogP contribution in [0.4, 0.5) is 10.1 Å². The van der Waals surface area contributed by atoms with Gasteiger partial charge in [-0.3, -0.25) is 0 Å². The van der Waals surface area contributed by atoms with Crippen molar-refractivity contribution in [1.29, 1.82) is 0 Å². The highest BCUT2D eigenvalue weighted by Crippen LogP contribution is 2.28. The van der Waals surface area contributed by atoms with E-state index in [0.717, 1.165) is 38.2 Å². The number of hydrogen-bond donors (Lipinski definition) is 1. The summed E-state index contributed by atoms with van der Waals surface area (Å²) in [7, 11) is 0. The van der Waals surface area contributed by atoms with E-state index in [1.165, 1.54) is 18.4 Å². The van der Waals surface area contributed by atoms with Crippen molar-refractivity contribution < 1.29 is 4.39 Å². The highest BCUT2D eigenvalue weighted by molar-refractivity contribution is 5.58. The van der Waals surface area contributed by atoms with Crippen LogP contribution in [0.25, 0.3) is 0 Å². The molecule has 0 fully saturated rings. The van der Waals surface area contributed by atoms with Crippen molar-refractivity contribution in [3.05, 3.63) is 29.6 Å². The van der Waals surface area contributed by atoms with Crippen LogP contribution >= 0.6 is 0 Å². The third-order valence-corrected chi connectivity index (χ3v) is 3.85. The van der Waals surface area contributed by atoms with Crippen LogP contribution in [0.1, 0.15) is 38.7 Å². The zero-order valence-corrected chi connectivity index (χ0v) is 12.1. The van der Waals surface area contributed by atoms with Crippen molar-refractivity contribution >= 4 is 5.69 Å². The summed E-state index contributed by atoms with van der Waals surface area (Å²) in [5.74, 6) is -0.122. The summed E-state index contributed by atoms with van der Waals surface area (Å²) in [6, 6.07) is 5.76. The molecule has 0 aromatic heterocycles. The predicted molar refractivity (Wildman–Crippen MR) is 79.3 cm³/mol. The second-order valence-electron chi connectivity index (χ2n) is 5.51. The monoisotopic (exact) mass is 264 g/mol. The lowest BCUT2D eigenvalue weighted by atomic mass is 10.1. The Morgan fingerprint density at radius 2 is 2.26 bits per heavy atom. The normalized spacial score (nSPS) is 15.6. The van der Waals surface area contributed by atoms with Gasteiger partial charge in [-0.15, -0.1) is 0 Å².